The van der Waals surface area contributed by atoms with Crippen LogP contribution in [-0.4, -0.2) is 61.6 Å². The second-order valence-electron chi connectivity index (χ2n) is 5.17. The molecule has 0 aliphatic carbocycles. The first-order valence-corrected chi connectivity index (χ1v) is 8.58. The van der Waals surface area contributed by atoms with Gasteiger partial charge < -0.3 is 15.4 Å². The number of nitrogens with zero attached hydrogens (tertiary/aromatic N) is 1. The molecule has 0 bridgehead atoms. The zero-order valence-corrected chi connectivity index (χ0v) is 12.9. The van der Waals surface area contributed by atoms with E-state index >= 15 is 0 Å². The average Bonchev–Trinajstić information content (AvgIpc) is 2.55. The molecular weight excluding hydrogens is 286 g/mol. The highest BCUT2D eigenvalue weighted by Gasteiger charge is 2.19. The summed E-state index contributed by atoms with van der Waals surface area (Å²) >= 11 is 2.00. The largest absolute Gasteiger partial charge is 0.489 e. The SMILES string of the molecule is O=C(NCCN1CCSCC1)c1cccc2c1OCCN2. The number of carbonyl (C=O) groups excluding carboxylic acids is 1. The fourth-order valence-electron chi connectivity index (χ4n) is 2.60. The van der Waals surface area contributed by atoms with Crippen molar-refractivity contribution in [3.8, 4) is 5.75 Å². The summed E-state index contributed by atoms with van der Waals surface area (Å²) < 4.78 is 5.64. The highest BCUT2D eigenvalue weighted by atomic mass is 32.2. The van der Waals surface area contributed by atoms with Gasteiger partial charge in [-0.1, -0.05) is 6.07 Å². The van der Waals surface area contributed by atoms with Gasteiger partial charge in [0.25, 0.3) is 5.91 Å². The zero-order chi connectivity index (χ0) is 14.5. The van der Waals surface area contributed by atoms with E-state index in [1.54, 1.807) is 0 Å². The van der Waals surface area contributed by atoms with Gasteiger partial charge in [-0.25, -0.2) is 0 Å². The van der Waals surface area contributed by atoms with Crippen LogP contribution in [0.1, 0.15) is 10.4 Å². The number of anilines is 1. The molecule has 114 valence electrons. The van der Waals surface area contributed by atoms with Crippen LogP contribution in [0.15, 0.2) is 18.2 Å². The highest BCUT2D eigenvalue weighted by molar-refractivity contribution is 7.99. The molecule has 0 aromatic heterocycles. The van der Waals surface area contributed by atoms with Crippen LogP contribution in [0.25, 0.3) is 0 Å². The summed E-state index contributed by atoms with van der Waals surface area (Å²) in [5, 5.41) is 6.25. The molecule has 0 unspecified atom stereocenters. The van der Waals surface area contributed by atoms with Crippen LogP contribution in [0.3, 0.4) is 0 Å². The Hall–Kier alpha value is -1.40. The van der Waals surface area contributed by atoms with Gasteiger partial charge in [-0.3, -0.25) is 9.69 Å². The van der Waals surface area contributed by atoms with Crippen molar-refractivity contribution < 1.29 is 9.53 Å². The number of benzene rings is 1. The standard InChI is InChI=1S/C15H21N3O2S/c19-15(17-4-6-18-7-10-21-11-8-18)12-2-1-3-13-14(12)20-9-5-16-13/h1-3,16H,4-11H2,(H,17,19). The van der Waals surface area contributed by atoms with E-state index < -0.39 is 0 Å². The molecule has 1 amide bonds. The zero-order valence-electron chi connectivity index (χ0n) is 12.1. The number of amides is 1. The third-order valence-corrected chi connectivity index (χ3v) is 4.68. The summed E-state index contributed by atoms with van der Waals surface area (Å²) in [6, 6.07) is 5.65. The molecule has 2 heterocycles. The van der Waals surface area contributed by atoms with E-state index in [1.165, 1.54) is 11.5 Å². The molecule has 2 aliphatic rings. The van der Waals surface area contributed by atoms with E-state index in [2.05, 4.69) is 15.5 Å². The van der Waals surface area contributed by atoms with E-state index in [0.29, 0.717) is 24.5 Å². The monoisotopic (exact) mass is 307 g/mol. The maximum Gasteiger partial charge on any atom is 0.255 e. The minimum Gasteiger partial charge on any atom is -0.489 e. The molecule has 6 heteroatoms. The Morgan fingerprint density at radius 1 is 1.38 bits per heavy atom. The third kappa shape index (κ3) is 3.63. The van der Waals surface area contributed by atoms with Crippen molar-refractivity contribution in [3.05, 3.63) is 23.8 Å². The molecule has 1 saturated heterocycles. The number of hydrogen-bond acceptors (Lipinski definition) is 5. The Labute approximate surface area is 129 Å². The quantitative estimate of drug-likeness (QED) is 0.877. The molecular formula is C15H21N3O2S. The Balaban J connectivity index is 1.55. The van der Waals surface area contributed by atoms with E-state index in [4.69, 9.17) is 4.74 Å². The predicted molar refractivity (Wildman–Crippen MR) is 86.5 cm³/mol. The van der Waals surface area contributed by atoms with Crippen LogP contribution in [0.4, 0.5) is 5.69 Å². The van der Waals surface area contributed by atoms with Gasteiger partial charge in [-0.15, -0.1) is 0 Å². The number of ether oxygens (including phenoxy) is 1. The summed E-state index contributed by atoms with van der Waals surface area (Å²) in [5.74, 6) is 3.01. The van der Waals surface area contributed by atoms with Gasteiger partial charge in [0, 0.05) is 44.2 Å². The third-order valence-electron chi connectivity index (χ3n) is 3.74. The van der Waals surface area contributed by atoms with Crippen LogP contribution in [-0.2, 0) is 0 Å². The van der Waals surface area contributed by atoms with E-state index in [0.717, 1.165) is 31.9 Å². The summed E-state index contributed by atoms with van der Waals surface area (Å²) in [7, 11) is 0. The average molecular weight is 307 g/mol. The fourth-order valence-corrected chi connectivity index (χ4v) is 3.58. The minimum absolute atomic E-state index is 0.0538. The molecule has 0 radical (unpaired) electrons. The van der Waals surface area contributed by atoms with E-state index in [1.807, 2.05) is 30.0 Å². The molecule has 1 aromatic carbocycles. The number of para-hydroxylation sites is 1. The van der Waals surface area contributed by atoms with Crippen molar-refractivity contribution in [1.82, 2.24) is 10.2 Å². The van der Waals surface area contributed by atoms with Crippen LogP contribution in [0, 0.1) is 0 Å². The smallest absolute Gasteiger partial charge is 0.255 e. The number of carbonyl (C=O) groups is 1. The van der Waals surface area contributed by atoms with Gasteiger partial charge in [0.2, 0.25) is 0 Å². The molecule has 0 saturated carbocycles. The van der Waals surface area contributed by atoms with Crippen LogP contribution >= 0.6 is 11.8 Å². The normalized spacial score (nSPS) is 18.3. The van der Waals surface area contributed by atoms with E-state index in [-0.39, 0.29) is 5.91 Å². The van der Waals surface area contributed by atoms with Crippen molar-refractivity contribution in [2.45, 2.75) is 0 Å². The van der Waals surface area contributed by atoms with Gasteiger partial charge in [0.15, 0.2) is 5.75 Å². The Bertz CT molecular complexity index is 504. The number of hydrogen-bond donors (Lipinski definition) is 2. The molecule has 3 rings (SSSR count). The first-order valence-electron chi connectivity index (χ1n) is 7.42. The van der Waals surface area contributed by atoms with E-state index in [9.17, 15) is 4.79 Å². The lowest BCUT2D eigenvalue weighted by molar-refractivity contribution is 0.0945. The molecule has 0 atom stereocenters. The number of thioether (sulfide) groups is 1. The highest BCUT2D eigenvalue weighted by Crippen LogP contribution is 2.30. The molecule has 1 aromatic rings. The number of nitrogens with one attached hydrogen (secondary N) is 2. The predicted octanol–water partition coefficient (Wildman–Crippen LogP) is 1.27. The lowest BCUT2D eigenvalue weighted by Crippen LogP contribution is -2.39. The van der Waals surface area contributed by atoms with Crippen LogP contribution in [0.5, 0.6) is 5.75 Å². The summed E-state index contributed by atoms with van der Waals surface area (Å²) in [6.07, 6.45) is 0. The minimum atomic E-state index is -0.0538. The molecule has 2 N–H and O–H groups in total. The number of rotatable bonds is 4. The lowest BCUT2D eigenvalue weighted by atomic mass is 10.1. The second kappa shape index (κ2) is 7.04. The molecule has 5 nitrogen and oxygen atoms in total. The van der Waals surface area contributed by atoms with Gasteiger partial charge in [-0.2, -0.15) is 11.8 Å². The summed E-state index contributed by atoms with van der Waals surface area (Å²) in [6.45, 7) is 5.22. The Morgan fingerprint density at radius 2 is 2.24 bits per heavy atom. The van der Waals surface area contributed by atoms with Crippen molar-refractivity contribution in [2.75, 3.05) is 56.2 Å². The van der Waals surface area contributed by atoms with Gasteiger partial charge >= 0.3 is 0 Å². The topological polar surface area (TPSA) is 53.6 Å². The van der Waals surface area contributed by atoms with Gasteiger partial charge in [-0.05, 0) is 12.1 Å². The fraction of sp³-hybridized carbons (Fsp3) is 0.533. The summed E-state index contributed by atoms with van der Waals surface area (Å²) in [5.41, 5.74) is 1.52. The van der Waals surface area contributed by atoms with Crippen molar-refractivity contribution in [3.63, 3.8) is 0 Å². The maximum atomic E-state index is 12.3. The first kappa shape index (κ1) is 14.5. The Kier molecular flexibility index (Phi) is 4.87. The van der Waals surface area contributed by atoms with Crippen LogP contribution < -0.4 is 15.4 Å². The van der Waals surface area contributed by atoms with Gasteiger partial charge in [0.05, 0.1) is 11.3 Å². The number of fused-ring (bicyclic) bond motifs is 1. The second-order valence-corrected chi connectivity index (χ2v) is 6.39. The molecule has 1 fully saturated rings. The van der Waals surface area contributed by atoms with Crippen LogP contribution in [0.2, 0.25) is 0 Å². The summed E-state index contributed by atoms with van der Waals surface area (Å²) in [4.78, 5) is 14.7. The van der Waals surface area contributed by atoms with Crippen molar-refractivity contribution in [2.24, 2.45) is 0 Å². The maximum absolute atomic E-state index is 12.3. The van der Waals surface area contributed by atoms with Crippen molar-refractivity contribution >= 4 is 23.4 Å². The molecule has 2 aliphatic heterocycles. The lowest BCUT2D eigenvalue weighted by Gasteiger charge is -2.26. The van der Waals surface area contributed by atoms with Gasteiger partial charge in [0.1, 0.15) is 6.61 Å². The molecule has 0 spiro atoms. The van der Waals surface area contributed by atoms with Crippen molar-refractivity contribution in [1.29, 1.82) is 0 Å². The first-order chi connectivity index (χ1) is 10.3. The molecule has 21 heavy (non-hydrogen) atoms. The Morgan fingerprint density at radius 3 is 3.10 bits per heavy atom.